The maximum Gasteiger partial charge on any atom is 0.377 e. The summed E-state index contributed by atoms with van der Waals surface area (Å²) < 4.78 is 36.5. The molecule has 37 heavy (non-hydrogen) atoms. The number of carbonyl (C=O) groups is 2. The molecule has 0 heterocycles. The molecule has 0 aliphatic carbocycles. The van der Waals surface area contributed by atoms with E-state index in [1.165, 1.54) is 66.9 Å². The molecule has 0 bridgehead atoms. The van der Waals surface area contributed by atoms with Crippen molar-refractivity contribution < 1.29 is 62.3 Å². The Morgan fingerprint density at radius 2 is 1.00 bits per heavy atom. The van der Waals surface area contributed by atoms with E-state index in [9.17, 15) is 9.59 Å². The monoisotopic (exact) mass is 524 g/mol. The summed E-state index contributed by atoms with van der Waals surface area (Å²) >= 11 is 0. The average molecular weight is 524 g/mol. The highest BCUT2D eigenvalue weighted by atomic mass is 17.3. The summed E-state index contributed by atoms with van der Waals surface area (Å²) in [5.74, 6) is -0.903. The first kappa shape index (κ1) is 29.3. The number of methoxy groups -OCH3 is 6. The molecule has 0 aromatic heterocycles. The fourth-order valence-electron chi connectivity index (χ4n) is 3.00. The Kier molecular flexibility index (Phi) is 11.5. The van der Waals surface area contributed by atoms with Crippen molar-refractivity contribution >= 4 is 11.9 Å². The summed E-state index contributed by atoms with van der Waals surface area (Å²) in [4.78, 5) is 44.8. The minimum Gasteiger partial charge on any atom is -0.493 e. The molecule has 2 aromatic rings. The van der Waals surface area contributed by atoms with E-state index in [1.807, 2.05) is 0 Å². The van der Waals surface area contributed by atoms with Gasteiger partial charge in [0, 0.05) is 6.61 Å². The third-order valence-corrected chi connectivity index (χ3v) is 4.63. The van der Waals surface area contributed by atoms with Crippen LogP contribution in [0.1, 0.15) is 20.7 Å². The zero-order valence-electron chi connectivity index (χ0n) is 21.2. The molecule has 2 radical (unpaired) electrons. The molecule has 0 aliphatic heterocycles. The first-order chi connectivity index (χ1) is 17.9. The molecular weight excluding hydrogens is 496 g/mol. The Hall–Kier alpha value is -3.94. The van der Waals surface area contributed by atoms with Crippen molar-refractivity contribution in [3.63, 3.8) is 0 Å². The van der Waals surface area contributed by atoms with Gasteiger partial charge in [-0.15, -0.1) is 9.78 Å². The lowest BCUT2D eigenvalue weighted by Gasteiger charge is -2.17. The molecule has 202 valence electrons. The number of carbonyl (C=O) groups excluding carboxylic acids is 2. The second-order valence-corrected chi connectivity index (χ2v) is 6.60. The van der Waals surface area contributed by atoms with Gasteiger partial charge in [0.2, 0.25) is 11.5 Å². The zero-order chi connectivity index (χ0) is 27.4. The largest absolute Gasteiger partial charge is 0.493 e. The Bertz CT molecular complexity index is 974. The molecule has 0 amide bonds. The highest BCUT2D eigenvalue weighted by molar-refractivity contribution is 5.94. The maximum absolute atomic E-state index is 12.6. The van der Waals surface area contributed by atoms with Crippen molar-refractivity contribution in [3.05, 3.63) is 48.6 Å². The lowest BCUT2D eigenvalue weighted by molar-refractivity contribution is -0.368. The van der Waals surface area contributed by atoms with Crippen LogP contribution in [-0.2, 0) is 24.3 Å². The molecule has 0 aliphatic rings. The van der Waals surface area contributed by atoms with E-state index >= 15 is 0 Å². The van der Waals surface area contributed by atoms with Gasteiger partial charge in [-0.05, 0) is 31.2 Å². The SMILES string of the molecule is [CH2]COC[C](OOC(=O)c1ccc(OC)c(OC)c1OC)OOC(=O)c1ccc(OC)c(OC)c1OC. The predicted molar refractivity (Wildman–Crippen MR) is 125 cm³/mol. The summed E-state index contributed by atoms with van der Waals surface area (Å²) in [6, 6.07) is 5.71. The van der Waals surface area contributed by atoms with Crippen LogP contribution in [0.15, 0.2) is 24.3 Å². The van der Waals surface area contributed by atoms with E-state index in [0.717, 1.165) is 0 Å². The van der Waals surface area contributed by atoms with Gasteiger partial charge < -0.3 is 33.2 Å². The highest BCUT2D eigenvalue weighted by Crippen LogP contribution is 2.41. The Balaban J connectivity index is 2.14. The number of hydrogen-bond donors (Lipinski definition) is 0. The normalized spacial score (nSPS) is 10.5. The van der Waals surface area contributed by atoms with Crippen molar-refractivity contribution in [2.45, 2.75) is 0 Å². The third kappa shape index (κ3) is 7.06. The quantitative estimate of drug-likeness (QED) is 0.250. The standard InChI is InChI=1S/C24H28O13/c1-8-33-13-18(34-36-23(25)14-9-11-16(27-2)21(31-6)19(14)29-4)35-37-24(26)15-10-12-17(28-3)22(32-7)20(15)30-5/h9-12H,1,8,13H2,2-7H3. The van der Waals surface area contributed by atoms with Gasteiger partial charge in [-0.1, -0.05) is 0 Å². The van der Waals surface area contributed by atoms with Crippen LogP contribution >= 0.6 is 0 Å². The van der Waals surface area contributed by atoms with Gasteiger partial charge >= 0.3 is 18.2 Å². The molecule has 0 saturated carbocycles. The average Bonchev–Trinajstić information content (AvgIpc) is 2.94. The predicted octanol–water partition coefficient (Wildman–Crippen LogP) is 2.96. The molecular formula is C24H28O13. The van der Waals surface area contributed by atoms with Crippen molar-refractivity contribution in [1.82, 2.24) is 0 Å². The van der Waals surface area contributed by atoms with Crippen LogP contribution in [-0.4, -0.2) is 67.8 Å². The Morgan fingerprint density at radius 3 is 1.32 bits per heavy atom. The van der Waals surface area contributed by atoms with E-state index in [0.29, 0.717) is 11.5 Å². The van der Waals surface area contributed by atoms with Crippen LogP contribution in [0.5, 0.6) is 34.5 Å². The number of ether oxygens (including phenoxy) is 7. The summed E-state index contributed by atoms with van der Waals surface area (Å²) in [5.41, 5.74) is -0.103. The lowest BCUT2D eigenvalue weighted by atomic mass is 10.1. The highest BCUT2D eigenvalue weighted by Gasteiger charge is 2.28. The van der Waals surface area contributed by atoms with Crippen molar-refractivity contribution in [1.29, 1.82) is 0 Å². The van der Waals surface area contributed by atoms with Crippen molar-refractivity contribution in [2.24, 2.45) is 0 Å². The van der Waals surface area contributed by atoms with E-state index < -0.39 is 24.8 Å². The molecule has 13 heteroatoms. The molecule has 0 unspecified atom stereocenters. The van der Waals surface area contributed by atoms with Gasteiger partial charge in [-0.3, -0.25) is 9.78 Å². The molecule has 2 aromatic carbocycles. The molecule has 0 saturated heterocycles. The van der Waals surface area contributed by atoms with Crippen LogP contribution in [0.3, 0.4) is 0 Å². The zero-order valence-corrected chi connectivity index (χ0v) is 21.2. The van der Waals surface area contributed by atoms with Crippen LogP contribution in [0.25, 0.3) is 0 Å². The topological polar surface area (TPSA) is 136 Å². The fraction of sp³-hybridized carbons (Fsp3) is 0.333. The number of benzene rings is 2. The second kappa shape index (κ2) is 14.6. The molecule has 0 atom stereocenters. The smallest absolute Gasteiger partial charge is 0.377 e. The summed E-state index contributed by atoms with van der Waals surface area (Å²) in [5, 5.41) is 0. The van der Waals surface area contributed by atoms with Gasteiger partial charge in [0.05, 0.1) is 42.7 Å². The molecule has 0 spiro atoms. The van der Waals surface area contributed by atoms with Gasteiger partial charge in [0.25, 0.3) is 0 Å². The maximum atomic E-state index is 12.6. The number of rotatable bonds is 15. The first-order valence-corrected chi connectivity index (χ1v) is 10.5. The minimum absolute atomic E-state index is 0.00508. The van der Waals surface area contributed by atoms with E-state index in [4.69, 9.17) is 52.7 Å². The van der Waals surface area contributed by atoms with E-state index in [1.54, 1.807) is 0 Å². The fourth-order valence-corrected chi connectivity index (χ4v) is 3.00. The van der Waals surface area contributed by atoms with Crippen LogP contribution in [0.4, 0.5) is 0 Å². The molecule has 13 nitrogen and oxygen atoms in total. The van der Waals surface area contributed by atoms with Gasteiger partial charge in [-0.25, -0.2) is 9.59 Å². The van der Waals surface area contributed by atoms with Crippen LogP contribution in [0, 0.1) is 13.2 Å². The lowest BCUT2D eigenvalue weighted by Crippen LogP contribution is -2.20. The number of hydrogen-bond acceptors (Lipinski definition) is 13. The van der Waals surface area contributed by atoms with Crippen molar-refractivity contribution in [3.8, 4) is 34.5 Å². The van der Waals surface area contributed by atoms with Gasteiger partial charge in [0.15, 0.2) is 23.0 Å². The Morgan fingerprint density at radius 1 is 0.595 bits per heavy atom. The molecule has 0 fully saturated rings. The van der Waals surface area contributed by atoms with Crippen LogP contribution < -0.4 is 28.4 Å². The third-order valence-electron chi connectivity index (χ3n) is 4.63. The summed E-state index contributed by atoms with van der Waals surface area (Å²) in [7, 11) is 8.28. The second-order valence-electron chi connectivity index (χ2n) is 6.60. The van der Waals surface area contributed by atoms with Gasteiger partial charge in [0.1, 0.15) is 17.7 Å². The molecule has 0 N–H and O–H groups in total. The van der Waals surface area contributed by atoms with Crippen LogP contribution in [0.2, 0.25) is 0 Å². The van der Waals surface area contributed by atoms with E-state index in [2.05, 4.69) is 6.92 Å². The molecule has 2 rings (SSSR count). The first-order valence-electron chi connectivity index (χ1n) is 10.5. The summed E-state index contributed by atoms with van der Waals surface area (Å²) in [6.07, 6.45) is -0.524. The van der Waals surface area contributed by atoms with Crippen molar-refractivity contribution in [2.75, 3.05) is 55.9 Å². The summed E-state index contributed by atoms with van der Waals surface area (Å²) in [6.45, 7) is 3.13. The van der Waals surface area contributed by atoms with E-state index in [-0.39, 0.29) is 40.7 Å². The van der Waals surface area contributed by atoms with Gasteiger partial charge in [-0.2, -0.15) is 0 Å². The Labute approximate surface area is 213 Å². The minimum atomic E-state index is -0.985.